The number of para-hydroxylation sites is 2. The zero-order valence-electron chi connectivity index (χ0n) is 21.7. The molecule has 4 aromatic carbocycles. The maximum atomic E-state index is 13.2. The Balaban J connectivity index is 1.33. The molecule has 0 unspecified atom stereocenters. The van der Waals surface area contributed by atoms with Gasteiger partial charge >= 0.3 is 6.03 Å². The molecule has 0 bridgehead atoms. The van der Waals surface area contributed by atoms with Crippen LogP contribution in [0.25, 0.3) is 6.08 Å². The van der Waals surface area contributed by atoms with E-state index in [0.717, 1.165) is 16.0 Å². The fourth-order valence-corrected chi connectivity index (χ4v) is 4.17. The number of amides is 4. The van der Waals surface area contributed by atoms with Crippen LogP contribution in [0.5, 0.6) is 17.2 Å². The van der Waals surface area contributed by atoms with Gasteiger partial charge in [0.25, 0.3) is 11.8 Å². The molecule has 0 aliphatic carbocycles. The first kappa shape index (κ1) is 26.2. The van der Waals surface area contributed by atoms with Crippen LogP contribution >= 0.6 is 0 Å². The van der Waals surface area contributed by atoms with Gasteiger partial charge in [0.05, 0.1) is 12.8 Å². The molecule has 0 saturated carbocycles. The van der Waals surface area contributed by atoms with Crippen molar-refractivity contribution in [3.05, 3.63) is 125 Å². The van der Waals surface area contributed by atoms with Gasteiger partial charge in [-0.3, -0.25) is 14.9 Å². The highest BCUT2D eigenvalue weighted by molar-refractivity contribution is 6.39. The summed E-state index contributed by atoms with van der Waals surface area (Å²) in [6.45, 7) is 0.610. The van der Waals surface area contributed by atoms with Crippen molar-refractivity contribution >= 4 is 29.6 Å². The molecule has 0 aromatic heterocycles. The number of hydrogen-bond donors (Lipinski definition) is 1. The van der Waals surface area contributed by atoms with Gasteiger partial charge in [0.2, 0.25) is 0 Å². The lowest BCUT2D eigenvalue weighted by Crippen LogP contribution is -2.54. The van der Waals surface area contributed by atoms with Crippen molar-refractivity contribution in [2.75, 3.05) is 12.0 Å². The van der Waals surface area contributed by atoms with Crippen LogP contribution in [0.2, 0.25) is 0 Å². The molecule has 8 nitrogen and oxygen atoms in total. The van der Waals surface area contributed by atoms with E-state index in [1.54, 1.807) is 61.7 Å². The molecule has 40 heavy (non-hydrogen) atoms. The normalized spacial score (nSPS) is 14.2. The third-order valence-electron chi connectivity index (χ3n) is 6.19. The van der Waals surface area contributed by atoms with Crippen LogP contribution in [0, 0.1) is 0 Å². The summed E-state index contributed by atoms with van der Waals surface area (Å²) >= 11 is 0. The first-order chi connectivity index (χ1) is 19.5. The second kappa shape index (κ2) is 12.0. The van der Waals surface area contributed by atoms with Gasteiger partial charge < -0.3 is 14.2 Å². The molecule has 0 atom stereocenters. The number of ether oxygens (including phenoxy) is 3. The minimum Gasteiger partial charge on any atom is -0.493 e. The zero-order chi connectivity index (χ0) is 27.9. The van der Waals surface area contributed by atoms with E-state index < -0.39 is 17.8 Å². The summed E-state index contributed by atoms with van der Waals surface area (Å²) in [5, 5.41) is 2.24. The lowest BCUT2D eigenvalue weighted by molar-refractivity contribution is -0.122. The van der Waals surface area contributed by atoms with Crippen molar-refractivity contribution in [1.82, 2.24) is 5.32 Å². The SMILES string of the molecule is COc1cc(COc2ccccc2/C=C2/C(=O)NC(=O)N(c3ccccc3)C2=O)ccc1OCc1ccccc1. The van der Waals surface area contributed by atoms with Crippen LogP contribution < -0.4 is 24.4 Å². The molecule has 5 rings (SSSR count). The van der Waals surface area contributed by atoms with E-state index in [1.165, 1.54) is 6.08 Å². The number of benzene rings is 4. The molecule has 1 heterocycles. The quantitative estimate of drug-likeness (QED) is 0.225. The fraction of sp³-hybridized carbons (Fsp3) is 0.0938. The number of rotatable bonds is 9. The Morgan fingerprint density at radius 3 is 2.10 bits per heavy atom. The lowest BCUT2D eigenvalue weighted by Gasteiger charge is -2.26. The van der Waals surface area contributed by atoms with Crippen molar-refractivity contribution in [3.8, 4) is 17.2 Å². The van der Waals surface area contributed by atoms with Gasteiger partial charge in [0.1, 0.15) is 24.5 Å². The Bertz CT molecular complexity index is 1570. The molecule has 0 radical (unpaired) electrons. The molecule has 1 saturated heterocycles. The van der Waals surface area contributed by atoms with Crippen molar-refractivity contribution < 1.29 is 28.6 Å². The standard InChI is InChI=1S/C32H26N2O6/c1-38-29-18-23(16-17-28(29)40-20-22-10-4-2-5-11-22)21-39-27-15-9-8-12-24(27)19-26-30(35)33-32(37)34(31(26)36)25-13-6-3-7-14-25/h2-19H,20-21H2,1H3,(H,33,35,37)/b26-19-. The van der Waals surface area contributed by atoms with Crippen LogP contribution in [0.4, 0.5) is 10.5 Å². The van der Waals surface area contributed by atoms with Crippen LogP contribution in [-0.4, -0.2) is 25.0 Å². The lowest BCUT2D eigenvalue weighted by atomic mass is 10.1. The Hall–Kier alpha value is -5.37. The van der Waals surface area contributed by atoms with Crippen molar-refractivity contribution in [1.29, 1.82) is 0 Å². The van der Waals surface area contributed by atoms with Gasteiger partial charge in [-0.25, -0.2) is 9.69 Å². The minimum atomic E-state index is -0.798. The monoisotopic (exact) mass is 534 g/mol. The zero-order valence-corrected chi connectivity index (χ0v) is 21.7. The first-order valence-electron chi connectivity index (χ1n) is 12.6. The van der Waals surface area contributed by atoms with E-state index in [-0.39, 0.29) is 12.2 Å². The number of hydrogen-bond acceptors (Lipinski definition) is 6. The number of carbonyl (C=O) groups is 3. The molecule has 1 N–H and O–H groups in total. The number of urea groups is 1. The number of barbiturate groups is 1. The summed E-state index contributed by atoms with van der Waals surface area (Å²) in [6.07, 6.45) is 1.43. The van der Waals surface area contributed by atoms with Crippen LogP contribution in [0.1, 0.15) is 16.7 Å². The summed E-state index contributed by atoms with van der Waals surface area (Å²) in [4.78, 5) is 39.2. The second-order valence-electron chi connectivity index (χ2n) is 8.88. The summed E-state index contributed by atoms with van der Waals surface area (Å²) in [5.74, 6) is 0.155. The van der Waals surface area contributed by atoms with E-state index in [4.69, 9.17) is 14.2 Å². The second-order valence-corrected chi connectivity index (χ2v) is 8.88. The number of nitrogens with zero attached hydrogens (tertiary/aromatic N) is 1. The van der Waals surface area contributed by atoms with E-state index in [2.05, 4.69) is 5.32 Å². The van der Waals surface area contributed by atoms with Gasteiger partial charge in [-0.2, -0.15) is 0 Å². The number of carbonyl (C=O) groups excluding carboxylic acids is 3. The maximum Gasteiger partial charge on any atom is 0.335 e. The molecule has 200 valence electrons. The molecule has 1 aliphatic rings. The van der Waals surface area contributed by atoms with Crippen LogP contribution in [-0.2, 0) is 22.8 Å². The number of methoxy groups -OCH3 is 1. The van der Waals surface area contributed by atoms with E-state index >= 15 is 0 Å². The average molecular weight is 535 g/mol. The van der Waals surface area contributed by atoms with E-state index in [1.807, 2.05) is 48.5 Å². The Kier molecular flexibility index (Phi) is 7.87. The summed E-state index contributed by atoms with van der Waals surface area (Å²) in [6, 6.07) is 30.0. The van der Waals surface area contributed by atoms with Crippen LogP contribution in [0.3, 0.4) is 0 Å². The van der Waals surface area contributed by atoms with Gasteiger partial charge in [0, 0.05) is 5.56 Å². The molecule has 0 spiro atoms. The van der Waals surface area contributed by atoms with E-state index in [0.29, 0.717) is 35.1 Å². The van der Waals surface area contributed by atoms with E-state index in [9.17, 15) is 14.4 Å². The predicted molar refractivity (Wildman–Crippen MR) is 150 cm³/mol. The predicted octanol–water partition coefficient (Wildman–Crippen LogP) is 5.52. The molecular weight excluding hydrogens is 508 g/mol. The fourth-order valence-electron chi connectivity index (χ4n) is 4.17. The number of imide groups is 2. The summed E-state index contributed by atoms with van der Waals surface area (Å²) in [5.41, 5.74) is 2.57. The average Bonchev–Trinajstić information content (AvgIpc) is 2.98. The molecular formula is C32H26N2O6. The third kappa shape index (κ3) is 5.86. The highest BCUT2D eigenvalue weighted by atomic mass is 16.5. The molecule has 8 heteroatoms. The molecule has 1 fully saturated rings. The first-order valence-corrected chi connectivity index (χ1v) is 12.6. The van der Waals surface area contributed by atoms with Gasteiger partial charge in [-0.1, -0.05) is 72.8 Å². The highest BCUT2D eigenvalue weighted by Crippen LogP contribution is 2.30. The van der Waals surface area contributed by atoms with Gasteiger partial charge in [0.15, 0.2) is 11.5 Å². The Labute approximate surface area is 231 Å². The summed E-state index contributed by atoms with van der Waals surface area (Å²) in [7, 11) is 1.58. The molecule has 4 amide bonds. The maximum absolute atomic E-state index is 13.2. The number of anilines is 1. The summed E-state index contributed by atoms with van der Waals surface area (Å²) < 4.78 is 17.5. The largest absolute Gasteiger partial charge is 0.493 e. The minimum absolute atomic E-state index is 0.180. The van der Waals surface area contributed by atoms with Gasteiger partial charge in [-0.15, -0.1) is 0 Å². The van der Waals surface area contributed by atoms with Crippen molar-refractivity contribution in [3.63, 3.8) is 0 Å². The van der Waals surface area contributed by atoms with Crippen molar-refractivity contribution in [2.45, 2.75) is 13.2 Å². The molecule has 4 aromatic rings. The highest BCUT2D eigenvalue weighted by Gasteiger charge is 2.36. The topological polar surface area (TPSA) is 94.2 Å². The number of nitrogens with one attached hydrogen (secondary N) is 1. The van der Waals surface area contributed by atoms with Gasteiger partial charge in [-0.05, 0) is 47.5 Å². The Morgan fingerprint density at radius 2 is 1.35 bits per heavy atom. The van der Waals surface area contributed by atoms with Crippen molar-refractivity contribution in [2.24, 2.45) is 0 Å². The smallest absolute Gasteiger partial charge is 0.335 e. The molecule has 1 aliphatic heterocycles. The third-order valence-corrected chi connectivity index (χ3v) is 6.19. The van der Waals surface area contributed by atoms with Crippen LogP contribution in [0.15, 0.2) is 109 Å². The Morgan fingerprint density at radius 1 is 0.700 bits per heavy atom.